The van der Waals surface area contributed by atoms with Crippen molar-refractivity contribution in [3.05, 3.63) is 5.41 Å². The average Bonchev–Trinajstić information content (AvgIpc) is 1.39. The van der Waals surface area contributed by atoms with E-state index in [1.165, 1.54) is 5.16 Å². The molecule has 9 heavy (non-hydrogen) atoms. The number of nitrogens with zero attached hydrogens (tertiary/aromatic N) is 1. The summed E-state index contributed by atoms with van der Waals surface area (Å²) < 4.78 is 3.19. The number of quaternary nitrogens is 1. The van der Waals surface area contributed by atoms with Crippen LogP contribution in [0.5, 0.6) is 0 Å². The number of isothiocyanates is 1. The van der Waals surface area contributed by atoms with Crippen molar-refractivity contribution in [2.24, 2.45) is 0 Å². The van der Waals surface area contributed by atoms with Crippen molar-refractivity contribution in [2.75, 3.05) is 0 Å². The summed E-state index contributed by atoms with van der Waals surface area (Å²) in [5.41, 5.74) is 0. The second-order valence-corrected chi connectivity index (χ2v) is 0.799. The topological polar surface area (TPSA) is 68.0 Å². The molecular formula is CH5Cl3N2OSZr. The SMILES string of the molecule is Cl.ClOCl.[N-]=C=S.[NH4+].[Zr]. The minimum Gasteiger partial charge on any atom is -0.753 e. The standard InChI is InChI=1S/CNS.Cl2O.ClH.H3N.Zr/c2-1-3;1-3-2;;;/h;;1H;1H3;/q-1;;;;/p+1. The Bertz CT molecular complexity index is 51.1. The zero-order valence-corrected chi connectivity index (χ0v) is 10.0. The van der Waals surface area contributed by atoms with Crippen LogP contribution in [0.15, 0.2) is 0 Å². The molecule has 56 valence electrons. The predicted molar refractivity (Wildman–Crippen MR) is 42.0 cm³/mol. The van der Waals surface area contributed by atoms with Gasteiger partial charge in [0.2, 0.25) is 0 Å². The first-order chi connectivity index (χ1) is 2.83. The third-order valence-electron chi connectivity index (χ3n) is 0. The predicted octanol–water partition coefficient (Wildman–Crippen LogP) is 2.76. The van der Waals surface area contributed by atoms with Crippen LogP contribution in [0.1, 0.15) is 0 Å². The summed E-state index contributed by atoms with van der Waals surface area (Å²) in [6.45, 7) is 0. The van der Waals surface area contributed by atoms with E-state index in [9.17, 15) is 0 Å². The van der Waals surface area contributed by atoms with E-state index in [4.69, 9.17) is 5.41 Å². The molecule has 0 amide bonds. The zero-order valence-electron chi connectivity index (χ0n) is 4.43. The van der Waals surface area contributed by atoms with Crippen LogP contribution < -0.4 is 6.15 Å². The quantitative estimate of drug-likeness (QED) is 0.550. The summed E-state index contributed by atoms with van der Waals surface area (Å²) in [7, 11) is 0. The second kappa shape index (κ2) is 56.4. The molecule has 0 aliphatic rings. The van der Waals surface area contributed by atoms with Gasteiger partial charge in [-0.25, -0.2) is 0 Å². The third kappa shape index (κ3) is 244. The summed E-state index contributed by atoms with van der Waals surface area (Å²) in [6, 6.07) is 0. The Hall–Kier alpha value is 1.47. The van der Waals surface area contributed by atoms with Crippen molar-refractivity contribution in [3.8, 4) is 0 Å². The van der Waals surface area contributed by atoms with Gasteiger partial charge in [-0.1, -0.05) is 12.2 Å². The van der Waals surface area contributed by atoms with Gasteiger partial charge in [-0.15, -0.1) is 12.4 Å². The molecule has 0 aromatic heterocycles. The Morgan fingerprint density at radius 2 is 1.44 bits per heavy atom. The molecule has 0 aliphatic heterocycles. The molecule has 0 unspecified atom stereocenters. The largest absolute Gasteiger partial charge is 0.753 e. The Labute approximate surface area is 94.4 Å². The third-order valence-corrected chi connectivity index (χ3v) is 0. The fourth-order valence-corrected chi connectivity index (χ4v) is 0. The van der Waals surface area contributed by atoms with Gasteiger partial charge in [0.1, 0.15) is 0 Å². The van der Waals surface area contributed by atoms with Crippen LogP contribution in [-0.2, 0) is 30.0 Å². The molecule has 0 rings (SSSR count). The minimum atomic E-state index is 0. The van der Waals surface area contributed by atoms with Crippen LogP contribution in [0.2, 0.25) is 0 Å². The maximum absolute atomic E-state index is 7.13. The molecule has 0 aromatic rings. The molecule has 0 heterocycles. The summed E-state index contributed by atoms with van der Waals surface area (Å²) in [6.07, 6.45) is 0. The van der Waals surface area contributed by atoms with Gasteiger partial charge < -0.3 is 11.6 Å². The maximum atomic E-state index is 7.13. The normalized spacial score (nSPS) is 2.89. The number of hydrogen-bond acceptors (Lipinski definition) is 2. The van der Waals surface area contributed by atoms with Crippen LogP contribution in [0, 0.1) is 0 Å². The molecule has 0 aliphatic carbocycles. The first kappa shape index (κ1) is 31.4. The van der Waals surface area contributed by atoms with Crippen molar-refractivity contribution in [2.45, 2.75) is 0 Å². The maximum Gasteiger partial charge on any atom is 0.0832 e. The van der Waals surface area contributed by atoms with Gasteiger partial charge in [-0.2, -0.15) is 9.00 Å². The van der Waals surface area contributed by atoms with E-state index in [2.05, 4.69) is 39.8 Å². The van der Waals surface area contributed by atoms with E-state index in [1.807, 2.05) is 0 Å². The molecule has 0 saturated heterocycles. The van der Waals surface area contributed by atoms with Crippen LogP contribution in [0.25, 0.3) is 5.41 Å². The molecule has 4 N–H and O–H groups in total. The van der Waals surface area contributed by atoms with Gasteiger partial charge >= 0.3 is 0 Å². The molecule has 8 heteroatoms. The Morgan fingerprint density at radius 3 is 1.44 bits per heavy atom. The molecular weight excluding hydrogens is 286 g/mol. The Balaban J connectivity index is -0.00000000889. The molecule has 0 saturated carbocycles. The molecule has 3 nitrogen and oxygen atoms in total. The number of rotatable bonds is 0. The van der Waals surface area contributed by atoms with Crippen molar-refractivity contribution in [1.82, 2.24) is 6.15 Å². The van der Waals surface area contributed by atoms with Gasteiger partial charge in [-0.05, 0) is 0 Å². The van der Waals surface area contributed by atoms with E-state index in [1.54, 1.807) is 0 Å². The Kier molecular flexibility index (Phi) is 197. The molecule has 0 radical (unpaired) electrons. The van der Waals surface area contributed by atoms with Gasteiger partial charge in [0, 0.05) is 26.2 Å². The van der Waals surface area contributed by atoms with Gasteiger partial charge in [-0.3, -0.25) is 0 Å². The van der Waals surface area contributed by atoms with Gasteiger partial charge in [0.15, 0.2) is 0 Å². The van der Waals surface area contributed by atoms with E-state index in [0.717, 1.165) is 0 Å². The molecule has 0 spiro atoms. The van der Waals surface area contributed by atoms with Crippen LogP contribution in [0.3, 0.4) is 0 Å². The number of hydrogen-bond donors (Lipinski definition) is 1. The van der Waals surface area contributed by atoms with E-state index < -0.39 is 0 Å². The van der Waals surface area contributed by atoms with Crippen molar-refractivity contribution in [3.63, 3.8) is 0 Å². The van der Waals surface area contributed by atoms with Crippen LogP contribution >= 0.6 is 48.4 Å². The summed E-state index contributed by atoms with van der Waals surface area (Å²) >= 11 is 12.2. The number of halogens is 3. The molecule has 0 atom stereocenters. The number of thiocarbonyl (C=S) groups is 1. The van der Waals surface area contributed by atoms with E-state index in [0.29, 0.717) is 0 Å². The summed E-state index contributed by atoms with van der Waals surface area (Å²) in [5, 5.41) is 8.47. The molecule has 0 fully saturated rings. The fourth-order valence-electron chi connectivity index (χ4n) is 0. The van der Waals surface area contributed by atoms with E-state index in [-0.39, 0.29) is 44.8 Å². The fraction of sp³-hybridized carbons (Fsp3) is 0. The second-order valence-electron chi connectivity index (χ2n) is 0.150. The van der Waals surface area contributed by atoms with Crippen molar-refractivity contribution >= 4 is 53.5 Å². The molecule has 0 aromatic carbocycles. The first-order valence-corrected chi connectivity index (χ1v) is 1.76. The van der Waals surface area contributed by atoms with Crippen LogP contribution in [0.4, 0.5) is 0 Å². The Morgan fingerprint density at radius 1 is 1.44 bits per heavy atom. The first-order valence-electron chi connectivity index (χ1n) is 0.736. The minimum absolute atomic E-state index is 0. The van der Waals surface area contributed by atoms with Gasteiger partial charge in [0.25, 0.3) is 0 Å². The van der Waals surface area contributed by atoms with Crippen molar-refractivity contribution < 1.29 is 30.0 Å². The van der Waals surface area contributed by atoms with Gasteiger partial charge in [0.05, 0.1) is 23.7 Å². The molecule has 0 bridgehead atoms. The smallest absolute Gasteiger partial charge is 0.0832 e. The summed E-state index contributed by atoms with van der Waals surface area (Å²) in [4.78, 5) is 0. The monoisotopic (exact) mass is 288 g/mol. The van der Waals surface area contributed by atoms with E-state index >= 15 is 0 Å². The summed E-state index contributed by atoms with van der Waals surface area (Å²) in [5.74, 6) is 0. The van der Waals surface area contributed by atoms with Crippen molar-refractivity contribution in [1.29, 1.82) is 0 Å². The zero-order chi connectivity index (χ0) is 5.41. The van der Waals surface area contributed by atoms with Crippen LogP contribution in [-0.4, -0.2) is 5.16 Å². The average molecular weight is 291 g/mol.